The molecule has 1 aliphatic rings. The van der Waals surface area contributed by atoms with Crippen molar-refractivity contribution in [3.05, 3.63) is 76.1 Å². The Hall–Kier alpha value is -2.57. The van der Waals surface area contributed by atoms with Crippen LogP contribution < -0.4 is 10.9 Å². The van der Waals surface area contributed by atoms with Crippen LogP contribution in [0.15, 0.2) is 64.1 Å². The monoisotopic (exact) mass is 398 g/mol. The molecule has 146 valence electrons. The van der Waals surface area contributed by atoms with Crippen LogP contribution in [0.5, 0.6) is 0 Å². The van der Waals surface area contributed by atoms with Gasteiger partial charge >= 0.3 is 0 Å². The molecule has 0 radical (unpaired) electrons. The van der Waals surface area contributed by atoms with Gasteiger partial charge in [-0.2, -0.15) is 9.78 Å². The molecule has 6 nitrogen and oxygen atoms in total. The van der Waals surface area contributed by atoms with Crippen molar-refractivity contribution in [2.75, 3.05) is 25.0 Å². The van der Waals surface area contributed by atoms with Gasteiger partial charge in [0.25, 0.3) is 5.56 Å². The standard InChI is InChI=1S/C21H23ClN4O2/c22-20-17(14-24-26(21(20)27)16-8-3-1-4-9-16)23-15-18(19-10-7-13-28-19)25-11-5-2-6-12-25/h1,3-4,7-10,13-14,18,23H,2,5-6,11-12,15H2/t18-/m1/s1. The van der Waals surface area contributed by atoms with E-state index in [9.17, 15) is 4.79 Å². The minimum Gasteiger partial charge on any atom is -0.468 e. The highest BCUT2D eigenvalue weighted by Crippen LogP contribution is 2.26. The van der Waals surface area contributed by atoms with Gasteiger partial charge < -0.3 is 9.73 Å². The average molecular weight is 399 g/mol. The molecule has 0 saturated carbocycles. The summed E-state index contributed by atoms with van der Waals surface area (Å²) in [5.41, 5.74) is 0.875. The van der Waals surface area contributed by atoms with Crippen LogP contribution in [-0.4, -0.2) is 34.3 Å². The van der Waals surface area contributed by atoms with Gasteiger partial charge in [-0.1, -0.05) is 36.2 Å². The zero-order valence-corrected chi connectivity index (χ0v) is 16.3. The Morgan fingerprint density at radius 3 is 2.61 bits per heavy atom. The number of anilines is 1. The summed E-state index contributed by atoms with van der Waals surface area (Å²) in [6, 6.07) is 13.2. The summed E-state index contributed by atoms with van der Waals surface area (Å²) in [5.74, 6) is 0.913. The molecule has 0 amide bonds. The van der Waals surface area contributed by atoms with E-state index in [0.717, 1.165) is 18.8 Å². The van der Waals surface area contributed by atoms with E-state index >= 15 is 0 Å². The maximum Gasteiger partial charge on any atom is 0.292 e. The van der Waals surface area contributed by atoms with Gasteiger partial charge in [0.2, 0.25) is 0 Å². The Kier molecular flexibility index (Phi) is 5.78. The maximum atomic E-state index is 12.7. The molecule has 3 heterocycles. The number of rotatable bonds is 6. The molecular weight excluding hydrogens is 376 g/mol. The number of likely N-dealkylation sites (tertiary alicyclic amines) is 1. The number of aromatic nitrogens is 2. The lowest BCUT2D eigenvalue weighted by Crippen LogP contribution is -2.37. The molecule has 1 atom stereocenters. The minimum atomic E-state index is -0.342. The zero-order chi connectivity index (χ0) is 19.3. The van der Waals surface area contributed by atoms with Crippen LogP contribution >= 0.6 is 11.6 Å². The zero-order valence-electron chi connectivity index (χ0n) is 15.6. The van der Waals surface area contributed by atoms with E-state index in [1.165, 1.54) is 23.9 Å². The normalized spacial score (nSPS) is 16.0. The fourth-order valence-corrected chi connectivity index (χ4v) is 3.83. The van der Waals surface area contributed by atoms with Crippen LogP contribution in [0.1, 0.15) is 31.1 Å². The van der Waals surface area contributed by atoms with Crippen LogP contribution in [0, 0.1) is 0 Å². The van der Waals surface area contributed by atoms with Crippen molar-refractivity contribution in [1.29, 1.82) is 0 Å². The highest BCUT2D eigenvalue weighted by atomic mass is 35.5. The topological polar surface area (TPSA) is 63.3 Å². The first-order chi connectivity index (χ1) is 13.7. The van der Waals surface area contributed by atoms with E-state index in [1.54, 1.807) is 12.5 Å². The summed E-state index contributed by atoms with van der Waals surface area (Å²) < 4.78 is 6.98. The molecule has 2 aromatic heterocycles. The molecule has 28 heavy (non-hydrogen) atoms. The van der Waals surface area contributed by atoms with Crippen molar-refractivity contribution < 1.29 is 4.42 Å². The predicted octanol–water partition coefficient (Wildman–Crippen LogP) is 4.12. The molecular formula is C21H23ClN4O2. The molecule has 7 heteroatoms. The SMILES string of the molecule is O=c1c(Cl)c(NC[C@H](c2ccco2)N2CCCCC2)cnn1-c1ccccc1. The quantitative estimate of drug-likeness (QED) is 0.676. The van der Waals surface area contributed by atoms with Gasteiger partial charge in [0.15, 0.2) is 0 Å². The number of hydrogen-bond donors (Lipinski definition) is 1. The lowest BCUT2D eigenvalue weighted by atomic mass is 10.1. The number of nitrogens with zero attached hydrogens (tertiary/aromatic N) is 3. The predicted molar refractivity (Wildman–Crippen MR) is 110 cm³/mol. The third-order valence-corrected chi connectivity index (χ3v) is 5.47. The van der Waals surface area contributed by atoms with Crippen LogP contribution in [0.2, 0.25) is 5.02 Å². The second-order valence-electron chi connectivity index (χ2n) is 6.93. The average Bonchev–Trinajstić information content (AvgIpc) is 3.27. The lowest BCUT2D eigenvalue weighted by Gasteiger charge is -2.33. The first-order valence-electron chi connectivity index (χ1n) is 9.58. The molecule has 0 unspecified atom stereocenters. The van der Waals surface area contributed by atoms with E-state index in [0.29, 0.717) is 17.9 Å². The lowest BCUT2D eigenvalue weighted by molar-refractivity contribution is 0.153. The Morgan fingerprint density at radius 1 is 1.11 bits per heavy atom. The smallest absolute Gasteiger partial charge is 0.292 e. The first kappa shape index (κ1) is 18.8. The number of para-hydroxylation sites is 1. The van der Waals surface area contributed by atoms with Gasteiger partial charge in [-0.05, 0) is 50.2 Å². The van der Waals surface area contributed by atoms with Gasteiger partial charge in [0.1, 0.15) is 10.8 Å². The second-order valence-corrected chi connectivity index (χ2v) is 7.31. The van der Waals surface area contributed by atoms with Crippen molar-refractivity contribution >= 4 is 17.3 Å². The van der Waals surface area contributed by atoms with Gasteiger partial charge in [0.05, 0.1) is 29.9 Å². The molecule has 0 aliphatic carbocycles. The van der Waals surface area contributed by atoms with E-state index < -0.39 is 0 Å². The van der Waals surface area contributed by atoms with E-state index in [1.807, 2.05) is 42.5 Å². The minimum absolute atomic E-state index is 0.0860. The van der Waals surface area contributed by atoms with E-state index in [4.69, 9.17) is 16.0 Å². The molecule has 0 bridgehead atoms. The largest absolute Gasteiger partial charge is 0.468 e. The first-order valence-corrected chi connectivity index (χ1v) is 9.96. The number of hydrogen-bond acceptors (Lipinski definition) is 5. The van der Waals surface area contributed by atoms with Crippen LogP contribution in [0.25, 0.3) is 5.69 Å². The second kappa shape index (κ2) is 8.63. The van der Waals surface area contributed by atoms with E-state index in [2.05, 4.69) is 15.3 Å². The molecule has 1 N–H and O–H groups in total. The molecule has 1 fully saturated rings. The molecule has 3 aromatic rings. The summed E-state index contributed by atoms with van der Waals surface area (Å²) in [5, 5.41) is 7.73. The summed E-state index contributed by atoms with van der Waals surface area (Å²) in [4.78, 5) is 15.1. The van der Waals surface area contributed by atoms with Crippen molar-refractivity contribution in [2.24, 2.45) is 0 Å². The summed E-state index contributed by atoms with van der Waals surface area (Å²) in [6.07, 6.45) is 6.94. The molecule has 1 aliphatic heterocycles. The van der Waals surface area contributed by atoms with Crippen molar-refractivity contribution in [3.8, 4) is 5.69 Å². The van der Waals surface area contributed by atoms with Gasteiger partial charge in [0, 0.05) is 6.54 Å². The summed E-state index contributed by atoms with van der Waals surface area (Å²) in [6.45, 7) is 2.66. The Labute approximate surface area is 168 Å². The van der Waals surface area contributed by atoms with Crippen LogP contribution in [0.3, 0.4) is 0 Å². The fraction of sp³-hybridized carbons (Fsp3) is 0.333. The Balaban J connectivity index is 1.54. The molecule has 1 aromatic carbocycles. The third-order valence-electron chi connectivity index (χ3n) is 5.11. The van der Waals surface area contributed by atoms with E-state index in [-0.39, 0.29) is 16.6 Å². The number of benzene rings is 1. The van der Waals surface area contributed by atoms with Crippen molar-refractivity contribution in [2.45, 2.75) is 25.3 Å². The van der Waals surface area contributed by atoms with Crippen LogP contribution in [0.4, 0.5) is 5.69 Å². The molecule has 4 rings (SSSR count). The number of nitrogens with one attached hydrogen (secondary N) is 1. The van der Waals surface area contributed by atoms with Crippen LogP contribution in [-0.2, 0) is 0 Å². The fourth-order valence-electron chi connectivity index (χ4n) is 3.64. The summed E-state index contributed by atoms with van der Waals surface area (Å²) >= 11 is 6.37. The highest BCUT2D eigenvalue weighted by Gasteiger charge is 2.24. The highest BCUT2D eigenvalue weighted by molar-refractivity contribution is 6.32. The Morgan fingerprint density at radius 2 is 1.89 bits per heavy atom. The third kappa shape index (κ3) is 3.98. The number of halogens is 1. The molecule has 1 saturated heterocycles. The van der Waals surface area contributed by atoms with Gasteiger partial charge in [-0.25, -0.2) is 0 Å². The van der Waals surface area contributed by atoms with Crippen molar-refractivity contribution in [1.82, 2.24) is 14.7 Å². The van der Waals surface area contributed by atoms with Gasteiger partial charge in [-0.15, -0.1) is 0 Å². The Bertz CT molecular complexity index is 950. The summed E-state index contributed by atoms with van der Waals surface area (Å²) in [7, 11) is 0. The number of furan rings is 1. The van der Waals surface area contributed by atoms with Gasteiger partial charge in [-0.3, -0.25) is 9.69 Å². The number of piperidine rings is 1. The maximum absolute atomic E-state index is 12.7. The van der Waals surface area contributed by atoms with Crippen molar-refractivity contribution in [3.63, 3.8) is 0 Å². The molecule has 0 spiro atoms.